The number of halogens is 1. The van der Waals surface area contributed by atoms with Crippen LogP contribution in [0.5, 0.6) is 0 Å². The molecular weight excluding hydrogens is 380 g/mol. The van der Waals surface area contributed by atoms with E-state index in [1.807, 2.05) is 12.1 Å². The third-order valence-corrected chi connectivity index (χ3v) is 7.72. The number of rotatable bonds is 3. The number of carbonyl (C=O) groups is 2. The molecule has 2 aliphatic rings. The molecule has 3 unspecified atom stereocenters. The summed E-state index contributed by atoms with van der Waals surface area (Å²) in [6, 6.07) is 2.99. The Labute approximate surface area is 158 Å². The number of aromatic nitrogens is 1. The highest BCUT2D eigenvalue weighted by atomic mass is 35.5. The number of aryl methyl sites for hydroxylation is 1. The van der Waals surface area contributed by atoms with Crippen molar-refractivity contribution in [3.05, 3.63) is 27.0 Å². The largest absolute Gasteiger partial charge is 0.480 e. The van der Waals surface area contributed by atoms with Gasteiger partial charge in [-0.1, -0.05) is 18.0 Å². The Kier molecular flexibility index (Phi) is 4.33. The van der Waals surface area contributed by atoms with Gasteiger partial charge in [0, 0.05) is 6.54 Å². The number of fused-ring (bicyclic) bond motifs is 1. The summed E-state index contributed by atoms with van der Waals surface area (Å²) in [6.45, 7) is 2.34. The molecule has 3 heterocycles. The Morgan fingerprint density at radius 3 is 2.80 bits per heavy atom. The van der Waals surface area contributed by atoms with Crippen LogP contribution >= 0.6 is 34.3 Å². The molecule has 2 fully saturated rings. The molecule has 2 aromatic heterocycles. The van der Waals surface area contributed by atoms with E-state index in [1.165, 1.54) is 22.7 Å². The zero-order valence-electron chi connectivity index (χ0n) is 13.6. The third kappa shape index (κ3) is 2.88. The maximum Gasteiger partial charge on any atom is 0.326 e. The normalized spacial score (nSPS) is 25.4. The number of carbonyl (C=O) groups excluding carboxylic acids is 1. The van der Waals surface area contributed by atoms with E-state index in [-0.39, 0.29) is 11.8 Å². The van der Waals surface area contributed by atoms with Gasteiger partial charge in [-0.25, -0.2) is 9.78 Å². The molecule has 1 saturated heterocycles. The van der Waals surface area contributed by atoms with Crippen LogP contribution in [0.1, 0.15) is 34.6 Å². The van der Waals surface area contributed by atoms with Crippen molar-refractivity contribution >= 4 is 46.2 Å². The van der Waals surface area contributed by atoms with Crippen molar-refractivity contribution in [2.24, 2.45) is 11.8 Å². The van der Waals surface area contributed by atoms with Gasteiger partial charge in [-0.2, -0.15) is 0 Å². The summed E-state index contributed by atoms with van der Waals surface area (Å²) in [6.07, 6.45) is 2.97. The summed E-state index contributed by atoms with van der Waals surface area (Å²) >= 11 is 8.73. The molecule has 0 aromatic carbocycles. The van der Waals surface area contributed by atoms with Gasteiger partial charge in [0.05, 0.1) is 14.9 Å². The van der Waals surface area contributed by atoms with Crippen molar-refractivity contribution in [3.63, 3.8) is 0 Å². The number of likely N-dealkylation sites (tertiary alicyclic amines) is 1. The Balaban J connectivity index is 1.64. The van der Waals surface area contributed by atoms with E-state index in [0.717, 1.165) is 29.1 Å². The molecule has 0 bridgehead atoms. The Hall–Kier alpha value is -1.44. The zero-order chi connectivity index (χ0) is 17.7. The fraction of sp³-hybridized carbons (Fsp3) is 0.471. The van der Waals surface area contributed by atoms with Gasteiger partial charge in [0.1, 0.15) is 15.9 Å². The molecule has 1 aliphatic heterocycles. The number of thiazole rings is 1. The molecule has 8 heteroatoms. The molecule has 0 radical (unpaired) electrons. The predicted octanol–water partition coefficient (Wildman–Crippen LogP) is 4.16. The van der Waals surface area contributed by atoms with Gasteiger partial charge >= 0.3 is 5.97 Å². The number of carboxylic acids is 1. The number of nitrogens with zero attached hydrogens (tertiary/aromatic N) is 2. The summed E-state index contributed by atoms with van der Waals surface area (Å²) in [7, 11) is 0. The van der Waals surface area contributed by atoms with E-state index in [2.05, 4.69) is 4.98 Å². The van der Waals surface area contributed by atoms with E-state index in [0.29, 0.717) is 27.4 Å². The summed E-state index contributed by atoms with van der Waals surface area (Å²) in [5, 5.41) is 10.4. The highest BCUT2D eigenvalue weighted by Crippen LogP contribution is 2.43. The number of amides is 1. The minimum absolute atomic E-state index is 0.0882. The highest BCUT2D eigenvalue weighted by molar-refractivity contribution is 7.24. The smallest absolute Gasteiger partial charge is 0.326 e. The van der Waals surface area contributed by atoms with E-state index in [1.54, 1.807) is 11.8 Å². The molecule has 2 aromatic rings. The van der Waals surface area contributed by atoms with Crippen LogP contribution in [0.3, 0.4) is 0 Å². The lowest BCUT2D eigenvalue weighted by Gasteiger charge is -2.24. The number of carboxylic acid groups (broad SMARTS) is 1. The van der Waals surface area contributed by atoms with Crippen molar-refractivity contribution in [2.75, 3.05) is 6.54 Å². The van der Waals surface area contributed by atoms with Gasteiger partial charge in [0.25, 0.3) is 5.91 Å². The molecule has 4 rings (SSSR count). The number of hydrogen-bond acceptors (Lipinski definition) is 5. The second kappa shape index (κ2) is 6.37. The first-order valence-corrected chi connectivity index (χ1v) is 10.2. The van der Waals surface area contributed by atoms with Crippen LogP contribution in [-0.4, -0.2) is 39.5 Å². The van der Waals surface area contributed by atoms with E-state index in [9.17, 15) is 14.7 Å². The summed E-state index contributed by atoms with van der Waals surface area (Å²) in [5.41, 5.74) is 0.649. The van der Waals surface area contributed by atoms with Gasteiger partial charge < -0.3 is 10.0 Å². The van der Waals surface area contributed by atoms with Crippen molar-refractivity contribution in [1.82, 2.24) is 9.88 Å². The first-order valence-electron chi connectivity index (χ1n) is 8.22. The lowest BCUT2D eigenvalue weighted by Crippen LogP contribution is -2.43. The van der Waals surface area contributed by atoms with Crippen molar-refractivity contribution < 1.29 is 14.7 Å². The summed E-state index contributed by atoms with van der Waals surface area (Å²) in [5.74, 6) is -0.694. The monoisotopic (exact) mass is 396 g/mol. The van der Waals surface area contributed by atoms with Crippen LogP contribution in [0.25, 0.3) is 9.88 Å². The molecule has 5 nitrogen and oxygen atoms in total. The van der Waals surface area contributed by atoms with E-state index in [4.69, 9.17) is 11.6 Å². The van der Waals surface area contributed by atoms with Crippen LogP contribution < -0.4 is 0 Å². The molecule has 0 spiro atoms. The third-order valence-electron chi connectivity index (χ3n) is 5.18. The zero-order valence-corrected chi connectivity index (χ0v) is 16.0. The standard InChI is InChI=1S/C17H17ClN2O3S2/c1-8-14(25-15(19-8)11-5-6-12(18)24-11)16(21)20-7-9-3-2-4-10(9)13(20)17(22)23/h5-6,9-10,13H,2-4,7H2,1H3,(H,22,23). The topological polar surface area (TPSA) is 70.5 Å². The van der Waals surface area contributed by atoms with E-state index < -0.39 is 12.0 Å². The van der Waals surface area contributed by atoms with E-state index >= 15 is 0 Å². The van der Waals surface area contributed by atoms with Gasteiger partial charge in [-0.3, -0.25) is 4.79 Å². The average Bonchev–Trinajstić information content (AvgIpc) is 3.28. The average molecular weight is 397 g/mol. The SMILES string of the molecule is Cc1nc(-c2ccc(Cl)s2)sc1C(=O)N1CC2CCCC2C1C(=O)O. The van der Waals surface area contributed by atoms with Gasteiger partial charge in [-0.15, -0.1) is 22.7 Å². The fourth-order valence-corrected chi connectivity index (χ4v) is 6.21. The first-order chi connectivity index (χ1) is 12.0. The second-order valence-corrected chi connectivity index (χ2v) is 9.35. The molecule has 25 heavy (non-hydrogen) atoms. The van der Waals surface area contributed by atoms with Crippen LogP contribution in [0, 0.1) is 18.8 Å². The first kappa shape index (κ1) is 17.0. The van der Waals surface area contributed by atoms with Gasteiger partial charge in [0.15, 0.2) is 0 Å². The minimum atomic E-state index is -0.893. The number of aliphatic carboxylic acids is 1. The van der Waals surface area contributed by atoms with Crippen LogP contribution in [0.2, 0.25) is 4.34 Å². The molecule has 132 valence electrons. The quantitative estimate of drug-likeness (QED) is 0.845. The maximum absolute atomic E-state index is 13.1. The minimum Gasteiger partial charge on any atom is -0.480 e. The van der Waals surface area contributed by atoms with Gasteiger partial charge in [-0.05, 0) is 43.7 Å². The Morgan fingerprint density at radius 2 is 2.12 bits per heavy atom. The molecule has 1 amide bonds. The predicted molar refractivity (Wildman–Crippen MR) is 98.5 cm³/mol. The fourth-order valence-electron chi connectivity index (χ4n) is 4.09. The van der Waals surface area contributed by atoms with Crippen molar-refractivity contribution in [3.8, 4) is 9.88 Å². The van der Waals surface area contributed by atoms with Crippen LogP contribution in [0.4, 0.5) is 0 Å². The lowest BCUT2D eigenvalue weighted by atomic mass is 9.94. The summed E-state index contributed by atoms with van der Waals surface area (Å²) < 4.78 is 0.675. The van der Waals surface area contributed by atoms with Crippen LogP contribution in [-0.2, 0) is 4.79 Å². The molecule has 3 atom stereocenters. The highest BCUT2D eigenvalue weighted by Gasteiger charge is 2.50. The number of hydrogen-bond donors (Lipinski definition) is 1. The molecular formula is C17H17ClN2O3S2. The molecule has 1 N–H and O–H groups in total. The molecule has 1 saturated carbocycles. The second-order valence-electron chi connectivity index (χ2n) is 6.63. The van der Waals surface area contributed by atoms with Gasteiger partial charge in [0.2, 0.25) is 0 Å². The molecule has 1 aliphatic carbocycles. The van der Waals surface area contributed by atoms with Crippen molar-refractivity contribution in [1.29, 1.82) is 0 Å². The van der Waals surface area contributed by atoms with Crippen LogP contribution in [0.15, 0.2) is 12.1 Å². The lowest BCUT2D eigenvalue weighted by molar-refractivity contribution is -0.142. The Morgan fingerprint density at radius 1 is 1.32 bits per heavy atom. The Bertz CT molecular complexity index is 847. The van der Waals surface area contributed by atoms with Crippen molar-refractivity contribution in [2.45, 2.75) is 32.2 Å². The maximum atomic E-state index is 13.1. The number of thiophene rings is 1. The summed E-state index contributed by atoms with van der Waals surface area (Å²) in [4.78, 5) is 32.4.